The summed E-state index contributed by atoms with van der Waals surface area (Å²) in [7, 11) is 0. The van der Waals surface area contributed by atoms with Gasteiger partial charge in [-0.1, -0.05) is 36.7 Å². The van der Waals surface area contributed by atoms with Crippen molar-refractivity contribution in [3.63, 3.8) is 0 Å². The van der Waals surface area contributed by atoms with Crippen molar-refractivity contribution < 1.29 is 9.59 Å². The number of carbonyl (C=O) groups excluding carboxylic acids is 2. The first-order chi connectivity index (χ1) is 11.6. The van der Waals surface area contributed by atoms with Gasteiger partial charge in [-0.05, 0) is 41.8 Å². The fourth-order valence-corrected chi connectivity index (χ4v) is 3.23. The molecular formula is C19H19ClN2O2. The van der Waals surface area contributed by atoms with E-state index in [2.05, 4.69) is 5.32 Å². The van der Waals surface area contributed by atoms with Crippen molar-refractivity contribution >= 4 is 29.1 Å². The summed E-state index contributed by atoms with van der Waals surface area (Å²) in [6.07, 6.45) is 1.17. The molecule has 0 atom stereocenters. The lowest BCUT2D eigenvalue weighted by molar-refractivity contribution is -0.118. The van der Waals surface area contributed by atoms with Gasteiger partial charge < -0.3 is 10.2 Å². The molecule has 0 fully saturated rings. The highest BCUT2D eigenvalue weighted by Crippen LogP contribution is 2.31. The minimum absolute atomic E-state index is 0.0882. The Balaban J connectivity index is 1.77. The summed E-state index contributed by atoms with van der Waals surface area (Å²) in [5, 5.41) is 3.58. The van der Waals surface area contributed by atoms with Crippen LogP contribution in [-0.4, -0.2) is 18.4 Å². The molecule has 124 valence electrons. The molecule has 1 heterocycles. The maximum Gasteiger partial charge on any atom is 0.251 e. The molecule has 2 aromatic carbocycles. The zero-order valence-electron chi connectivity index (χ0n) is 13.5. The monoisotopic (exact) mass is 342 g/mol. The molecule has 0 bridgehead atoms. The van der Waals surface area contributed by atoms with Crippen molar-refractivity contribution in [1.82, 2.24) is 5.32 Å². The van der Waals surface area contributed by atoms with Crippen LogP contribution in [0.3, 0.4) is 0 Å². The zero-order chi connectivity index (χ0) is 17.1. The van der Waals surface area contributed by atoms with Crippen LogP contribution in [0.1, 0.15) is 34.8 Å². The van der Waals surface area contributed by atoms with Crippen LogP contribution >= 0.6 is 11.6 Å². The van der Waals surface area contributed by atoms with Crippen molar-refractivity contribution in [2.45, 2.75) is 26.3 Å². The average Bonchev–Trinajstić information content (AvgIpc) is 3.03. The van der Waals surface area contributed by atoms with Crippen LogP contribution in [0.2, 0.25) is 5.02 Å². The van der Waals surface area contributed by atoms with Crippen molar-refractivity contribution in [3.8, 4) is 0 Å². The molecule has 1 aliphatic heterocycles. The lowest BCUT2D eigenvalue weighted by atomic mass is 10.0. The van der Waals surface area contributed by atoms with Gasteiger partial charge in [-0.15, -0.1) is 0 Å². The van der Waals surface area contributed by atoms with Gasteiger partial charge in [-0.25, -0.2) is 0 Å². The van der Waals surface area contributed by atoms with Crippen molar-refractivity contribution in [2.75, 3.05) is 11.4 Å². The quantitative estimate of drug-likeness (QED) is 0.923. The number of amides is 2. The van der Waals surface area contributed by atoms with E-state index >= 15 is 0 Å². The molecule has 4 nitrogen and oxygen atoms in total. The predicted molar refractivity (Wildman–Crippen MR) is 95.4 cm³/mol. The third-order valence-corrected chi connectivity index (χ3v) is 4.45. The van der Waals surface area contributed by atoms with Crippen LogP contribution in [0, 0.1) is 0 Å². The molecule has 5 heteroatoms. The lowest BCUT2D eigenvalue weighted by Crippen LogP contribution is -2.27. The number of halogens is 1. The van der Waals surface area contributed by atoms with E-state index in [9.17, 15) is 9.59 Å². The number of carbonyl (C=O) groups is 2. The van der Waals surface area contributed by atoms with E-state index in [1.54, 1.807) is 11.0 Å². The van der Waals surface area contributed by atoms with E-state index in [0.29, 0.717) is 36.5 Å². The van der Waals surface area contributed by atoms with E-state index in [0.717, 1.165) is 16.8 Å². The van der Waals surface area contributed by atoms with Gasteiger partial charge in [0.05, 0.1) is 0 Å². The number of benzene rings is 2. The third-order valence-electron chi connectivity index (χ3n) is 4.22. The topological polar surface area (TPSA) is 49.4 Å². The Bertz CT molecular complexity index is 789. The molecular weight excluding hydrogens is 324 g/mol. The second-order valence-electron chi connectivity index (χ2n) is 5.76. The van der Waals surface area contributed by atoms with Crippen molar-refractivity contribution in [3.05, 3.63) is 64.2 Å². The van der Waals surface area contributed by atoms with Crippen LogP contribution in [0.5, 0.6) is 0 Å². The SMILES string of the molecule is CCC(=O)N1CCc2c(C(=O)NCc3cccc(Cl)c3)cccc21. The molecule has 0 radical (unpaired) electrons. The molecule has 1 N–H and O–H groups in total. The summed E-state index contributed by atoms with van der Waals surface area (Å²) >= 11 is 5.96. The van der Waals surface area contributed by atoms with Gasteiger partial charge in [0.25, 0.3) is 5.91 Å². The highest BCUT2D eigenvalue weighted by molar-refractivity contribution is 6.30. The summed E-state index contributed by atoms with van der Waals surface area (Å²) in [5.41, 5.74) is 3.40. The normalized spacial score (nSPS) is 12.8. The molecule has 0 saturated carbocycles. The minimum atomic E-state index is -0.127. The van der Waals surface area contributed by atoms with E-state index in [1.165, 1.54) is 0 Å². The zero-order valence-corrected chi connectivity index (χ0v) is 14.3. The Morgan fingerprint density at radius 2 is 2.00 bits per heavy atom. The first kappa shape index (κ1) is 16.5. The molecule has 0 aromatic heterocycles. The second-order valence-corrected chi connectivity index (χ2v) is 6.20. The summed E-state index contributed by atoms with van der Waals surface area (Å²) in [5.74, 6) is -0.0390. The van der Waals surface area contributed by atoms with Crippen LogP contribution < -0.4 is 10.2 Å². The Kier molecular flexibility index (Phi) is 4.86. The van der Waals surface area contributed by atoms with E-state index < -0.39 is 0 Å². The number of hydrogen-bond acceptors (Lipinski definition) is 2. The standard InChI is InChI=1S/C19H19ClN2O2/c1-2-18(23)22-10-9-15-16(7-4-8-17(15)22)19(24)21-12-13-5-3-6-14(20)11-13/h3-8,11H,2,9-10,12H2,1H3,(H,21,24). The van der Waals surface area contributed by atoms with Gasteiger partial charge in [0.2, 0.25) is 5.91 Å². The predicted octanol–water partition coefficient (Wildman–Crippen LogP) is 3.57. The van der Waals surface area contributed by atoms with Gasteiger partial charge >= 0.3 is 0 Å². The largest absolute Gasteiger partial charge is 0.348 e. The van der Waals surface area contributed by atoms with Gasteiger partial charge in [0, 0.05) is 35.8 Å². The molecule has 0 unspecified atom stereocenters. The highest BCUT2D eigenvalue weighted by Gasteiger charge is 2.27. The van der Waals surface area contributed by atoms with Crippen LogP contribution in [-0.2, 0) is 17.8 Å². The number of fused-ring (bicyclic) bond motifs is 1. The van der Waals surface area contributed by atoms with Gasteiger partial charge in [0.15, 0.2) is 0 Å². The lowest BCUT2D eigenvalue weighted by Gasteiger charge is -2.16. The molecule has 1 aliphatic rings. The molecule has 24 heavy (non-hydrogen) atoms. The first-order valence-electron chi connectivity index (χ1n) is 8.05. The maximum absolute atomic E-state index is 12.6. The fraction of sp³-hybridized carbons (Fsp3) is 0.263. The molecule has 0 spiro atoms. The smallest absolute Gasteiger partial charge is 0.251 e. The van der Waals surface area contributed by atoms with Crippen LogP contribution in [0.25, 0.3) is 0 Å². The number of hydrogen-bond donors (Lipinski definition) is 1. The number of nitrogens with zero attached hydrogens (tertiary/aromatic N) is 1. The van der Waals surface area contributed by atoms with E-state index in [4.69, 9.17) is 11.6 Å². The molecule has 0 aliphatic carbocycles. The van der Waals surface area contributed by atoms with Crippen molar-refractivity contribution in [1.29, 1.82) is 0 Å². The number of anilines is 1. The number of nitrogens with one attached hydrogen (secondary N) is 1. The minimum Gasteiger partial charge on any atom is -0.348 e. The van der Waals surface area contributed by atoms with E-state index in [1.807, 2.05) is 43.3 Å². The summed E-state index contributed by atoms with van der Waals surface area (Å²) < 4.78 is 0. The van der Waals surface area contributed by atoms with Crippen LogP contribution in [0.4, 0.5) is 5.69 Å². The third kappa shape index (κ3) is 3.29. The van der Waals surface area contributed by atoms with Gasteiger partial charge in [0.1, 0.15) is 0 Å². The number of rotatable bonds is 4. The Labute approximate surface area is 146 Å². The Morgan fingerprint density at radius 3 is 2.75 bits per heavy atom. The Morgan fingerprint density at radius 1 is 1.21 bits per heavy atom. The van der Waals surface area contributed by atoms with Gasteiger partial charge in [-0.3, -0.25) is 9.59 Å². The highest BCUT2D eigenvalue weighted by atomic mass is 35.5. The molecule has 2 aromatic rings. The first-order valence-corrected chi connectivity index (χ1v) is 8.43. The summed E-state index contributed by atoms with van der Waals surface area (Å²) in [6.45, 7) is 2.91. The van der Waals surface area contributed by atoms with Crippen molar-refractivity contribution in [2.24, 2.45) is 0 Å². The van der Waals surface area contributed by atoms with E-state index in [-0.39, 0.29) is 11.8 Å². The molecule has 0 saturated heterocycles. The Hall–Kier alpha value is -2.33. The average molecular weight is 343 g/mol. The second kappa shape index (κ2) is 7.05. The summed E-state index contributed by atoms with van der Waals surface area (Å²) in [6, 6.07) is 13.0. The maximum atomic E-state index is 12.6. The fourth-order valence-electron chi connectivity index (χ4n) is 3.02. The molecule has 2 amide bonds. The molecule has 3 rings (SSSR count). The van der Waals surface area contributed by atoms with Crippen LogP contribution in [0.15, 0.2) is 42.5 Å². The van der Waals surface area contributed by atoms with Gasteiger partial charge in [-0.2, -0.15) is 0 Å². The summed E-state index contributed by atoms with van der Waals surface area (Å²) in [4.78, 5) is 26.3.